The third kappa shape index (κ3) is 4.80. The summed E-state index contributed by atoms with van der Waals surface area (Å²) in [4.78, 5) is 7.89. The third-order valence-electron chi connectivity index (χ3n) is 7.90. The lowest BCUT2D eigenvalue weighted by molar-refractivity contribution is 0.0261. The van der Waals surface area contributed by atoms with Crippen molar-refractivity contribution in [1.29, 1.82) is 0 Å². The van der Waals surface area contributed by atoms with Gasteiger partial charge in [0, 0.05) is 43.7 Å². The van der Waals surface area contributed by atoms with E-state index in [0.29, 0.717) is 6.61 Å². The highest BCUT2D eigenvalue weighted by Crippen LogP contribution is 2.40. The molecular weight excluding hydrogens is 472 g/mol. The van der Waals surface area contributed by atoms with Crippen molar-refractivity contribution in [2.75, 3.05) is 20.8 Å². The minimum Gasteiger partial charge on any atom is -0.497 e. The van der Waals surface area contributed by atoms with Crippen LogP contribution in [0.4, 0.5) is 0 Å². The molecule has 0 saturated heterocycles. The Kier molecular flexibility index (Phi) is 6.88. The minimum atomic E-state index is 0.0276. The molecule has 0 radical (unpaired) electrons. The van der Waals surface area contributed by atoms with Crippen LogP contribution >= 0.6 is 0 Å². The van der Waals surface area contributed by atoms with E-state index in [1.54, 1.807) is 14.2 Å². The molecule has 6 rings (SSSR count). The summed E-state index contributed by atoms with van der Waals surface area (Å²) in [6, 6.07) is 25.3. The Morgan fingerprint density at radius 3 is 2.39 bits per heavy atom. The summed E-state index contributed by atoms with van der Waals surface area (Å²) >= 11 is 0. The van der Waals surface area contributed by atoms with Gasteiger partial charge in [-0.2, -0.15) is 0 Å². The van der Waals surface area contributed by atoms with Gasteiger partial charge in [0.25, 0.3) is 0 Å². The van der Waals surface area contributed by atoms with E-state index < -0.39 is 0 Å². The van der Waals surface area contributed by atoms with Crippen LogP contribution in [-0.2, 0) is 37.3 Å². The maximum absolute atomic E-state index is 6.51. The number of benzene rings is 3. The van der Waals surface area contributed by atoms with Gasteiger partial charge in [-0.1, -0.05) is 42.5 Å². The summed E-state index contributed by atoms with van der Waals surface area (Å²) in [5, 5.41) is 0. The van der Waals surface area contributed by atoms with Crippen molar-refractivity contribution >= 4 is 0 Å². The normalized spacial score (nSPS) is 17.0. The summed E-state index contributed by atoms with van der Waals surface area (Å²) in [7, 11) is 3.42. The molecule has 4 aromatic rings. The van der Waals surface area contributed by atoms with Crippen LogP contribution in [0.5, 0.6) is 11.5 Å². The first-order chi connectivity index (χ1) is 18.6. The molecular formula is C33H34N2O3. The first-order valence-electron chi connectivity index (χ1n) is 13.3. The Hall–Kier alpha value is -3.67. The van der Waals surface area contributed by atoms with Crippen molar-refractivity contribution in [2.45, 2.75) is 45.6 Å². The second-order valence-corrected chi connectivity index (χ2v) is 10.2. The predicted molar refractivity (Wildman–Crippen MR) is 149 cm³/mol. The fourth-order valence-corrected chi connectivity index (χ4v) is 5.81. The van der Waals surface area contributed by atoms with Crippen LogP contribution < -0.4 is 9.47 Å². The summed E-state index contributed by atoms with van der Waals surface area (Å²) in [5.74, 6) is 1.76. The van der Waals surface area contributed by atoms with Crippen molar-refractivity contribution in [3.63, 3.8) is 0 Å². The standard InChI is InChI=1S/C33H34N2O3/c1-22-17-26(37-3)13-14-27(22)33-28-18-32(24-7-5-4-6-8-24)38-21-30(28)29-20-35(16-15-31(29)34-33)19-23-9-11-25(36-2)12-10-23/h4-14,17,32H,15-16,18-21H2,1-3H3/t32-/m1/s1. The molecule has 3 heterocycles. The molecule has 0 bridgehead atoms. The van der Waals surface area contributed by atoms with Crippen molar-refractivity contribution in [2.24, 2.45) is 0 Å². The van der Waals surface area contributed by atoms with Crippen LogP contribution in [-0.4, -0.2) is 30.6 Å². The maximum atomic E-state index is 6.51. The number of rotatable bonds is 6. The van der Waals surface area contributed by atoms with Gasteiger partial charge in [-0.05, 0) is 70.6 Å². The average molecular weight is 507 g/mol. The summed E-state index contributed by atoms with van der Waals surface area (Å²) in [5.41, 5.74) is 11.2. The van der Waals surface area contributed by atoms with Gasteiger partial charge in [0.2, 0.25) is 0 Å². The zero-order valence-corrected chi connectivity index (χ0v) is 22.4. The zero-order chi connectivity index (χ0) is 26.1. The van der Waals surface area contributed by atoms with Crippen LogP contribution in [0.1, 0.15) is 45.2 Å². The van der Waals surface area contributed by atoms with Crippen molar-refractivity contribution in [3.8, 4) is 22.8 Å². The molecule has 2 aliphatic rings. The third-order valence-corrected chi connectivity index (χ3v) is 7.90. The molecule has 38 heavy (non-hydrogen) atoms. The minimum absolute atomic E-state index is 0.0276. The van der Waals surface area contributed by atoms with Crippen LogP contribution in [0.25, 0.3) is 11.3 Å². The van der Waals surface area contributed by atoms with Gasteiger partial charge >= 0.3 is 0 Å². The molecule has 194 valence electrons. The average Bonchev–Trinajstić information content (AvgIpc) is 2.97. The zero-order valence-electron chi connectivity index (χ0n) is 22.4. The van der Waals surface area contributed by atoms with E-state index in [1.165, 1.54) is 44.6 Å². The Morgan fingerprint density at radius 1 is 0.895 bits per heavy atom. The molecule has 0 saturated carbocycles. The molecule has 0 spiro atoms. The second-order valence-electron chi connectivity index (χ2n) is 10.2. The smallest absolute Gasteiger partial charge is 0.119 e. The van der Waals surface area contributed by atoms with Crippen LogP contribution in [0.15, 0.2) is 72.8 Å². The Morgan fingerprint density at radius 2 is 1.66 bits per heavy atom. The number of methoxy groups -OCH3 is 2. The maximum Gasteiger partial charge on any atom is 0.119 e. The fraction of sp³-hybridized carbons (Fsp3) is 0.303. The van der Waals surface area contributed by atoms with E-state index in [2.05, 4.69) is 66.4 Å². The van der Waals surface area contributed by atoms with E-state index in [1.807, 2.05) is 18.2 Å². The number of fused-ring (bicyclic) bond motifs is 3. The topological polar surface area (TPSA) is 43.8 Å². The highest BCUT2D eigenvalue weighted by atomic mass is 16.5. The van der Waals surface area contributed by atoms with Crippen molar-refractivity contribution in [1.82, 2.24) is 9.88 Å². The van der Waals surface area contributed by atoms with Crippen LogP contribution in [0, 0.1) is 6.92 Å². The number of pyridine rings is 1. The molecule has 1 atom stereocenters. The van der Waals surface area contributed by atoms with Crippen molar-refractivity contribution < 1.29 is 14.2 Å². The number of nitrogens with zero attached hydrogens (tertiary/aromatic N) is 2. The summed E-state index contributed by atoms with van der Waals surface area (Å²) in [6.45, 7) is 5.54. The Bertz CT molecular complexity index is 1430. The van der Waals surface area contributed by atoms with Crippen LogP contribution in [0.3, 0.4) is 0 Å². The lowest BCUT2D eigenvalue weighted by Gasteiger charge is -2.35. The molecule has 5 nitrogen and oxygen atoms in total. The first kappa shape index (κ1) is 24.7. The highest BCUT2D eigenvalue weighted by Gasteiger charge is 2.31. The van der Waals surface area contributed by atoms with E-state index in [9.17, 15) is 0 Å². The number of hydrogen-bond donors (Lipinski definition) is 0. The molecule has 3 aromatic carbocycles. The monoisotopic (exact) mass is 506 g/mol. The highest BCUT2D eigenvalue weighted by molar-refractivity contribution is 5.71. The van der Waals surface area contributed by atoms with Gasteiger partial charge in [0.15, 0.2) is 0 Å². The lowest BCUT2D eigenvalue weighted by atomic mass is 9.86. The number of aromatic nitrogens is 1. The predicted octanol–water partition coefficient (Wildman–Crippen LogP) is 6.45. The van der Waals surface area contributed by atoms with E-state index >= 15 is 0 Å². The van der Waals surface area contributed by atoms with Gasteiger partial charge < -0.3 is 14.2 Å². The molecule has 0 N–H and O–H groups in total. The molecule has 0 amide bonds. The van der Waals surface area contributed by atoms with Gasteiger partial charge in [-0.15, -0.1) is 0 Å². The SMILES string of the molecule is COc1ccc(CN2CCc3nc(-c4ccc(OC)cc4C)c4c(c3C2)CO[C@@H](c2ccccc2)C4)cc1. The van der Waals surface area contributed by atoms with Gasteiger partial charge in [-0.3, -0.25) is 9.88 Å². The van der Waals surface area contributed by atoms with Gasteiger partial charge in [-0.25, -0.2) is 0 Å². The molecule has 5 heteroatoms. The van der Waals surface area contributed by atoms with Gasteiger partial charge in [0.05, 0.1) is 32.6 Å². The molecule has 1 aromatic heterocycles. The number of aryl methyl sites for hydroxylation is 1. The molecule has 0 fully saturated rings. The summed E-state index contributed by atoms with van der Waals surface area (Å²) < 4.78 is 17.3. The first-order valence-corrected chi connectivity index (χ1v) is 13.3. The van der Waals surface area contributed by atoms with Crippen LogP contribution in [0.2, 0.25) is 0 Å². The van der Waals surface area contributed by atoms with E-state index in [4.69, 9.17) is 19.2 Å². The fourth-order valence-electron chi connectivity index (χ4n) is 5.81. The Balaban J connectivity index is 1.38. The quantitative estimate of drug-likeness (QED) is 0.301. The van der Waals surface area contributed by atoms with Gasteiger partial charge in [0.1, 0.15) is 11.5 Å². The molecule has 0 aliphatic carbocycles. The number of hydrogen-bond acceptors (Lipinski definition) is 5. The van der Waals surface area contributed by atoms with Crippen molar-refractivity contribution in [3.05, 3.63) is 112 Å². The Labute approximate surface area is 225 Å². The largest absolute Gasteiger partial charge is 0.497 e. The second kappa shape index (κ2) is 10.6. The molecule has 2 aliphatic heterocycles. The summed E-state index contributed by atoms with van der Waals surface area (Å²) in [6.07, 6.45) is 1.78. The lowest BCUT2D eigenvalue weighted by Crippen LogP contribution is -2.33. The van der Waals surface area contributed by atoms with E-state index in [0.717, 1.165) is 49.7 Å². The number of ether oxygens (including phenoxy) is 3. The van der Waals surface area contributed by atoms with E-state index in [-0.39, 0.29) is 6.10 Å². The molecule has 0 unspecified atom stereocenters.